The van der Waals surface area contributed by atoms with Crippen molar-refractivity contribution in [1.82, 2.24) is 24.9 Å². The van der Waals surface area contributed by atoms with Crippen LogP contribution in [0, 0.1) is 0 Å². The minimum atomic E-state index is 0.0833. The second-order valence-corrected chi connectivity index (χ2v) is 7.13. The van der Waals surface area contributed by atoms with Crippen LogP contribution < -0.4 is 0 Å². The van der Waals surface area contributed by atoms with Crippen LogP contribution in [-0.4, -0.2) is 43.9 Å². The molecule has 0 radical (unpaired) electrons. The fraction of sp³-hybridized carbons (Fsp3) is 0.381. The number of aryl methyl sites for hydroxylation is 1. The highest BCUT2D eigenvalue weighted by atomic mass is 16.2. The molecule has 2 aromatic heterocycles. The van der Waals surface area contributed by atoms with Gasteiger partial charge in [0.2, 0.25) is 0 Å². The average Bonchev–Trinajstić information content (AvgIpc) is 3.38. The van der Waals surface area contributed by atoms with Crippen molar-refractivity contribution in [2.24, 2.45) is 0 Å². The number of carbonyl (C=O) groups excluding carboxylic acids is 1. The van der Waals surface area contributed by atoms with Gasteiger partial charge in [-0.3, -0.25) is 14.6 Å². The molecule has 3 aromatic rings. The van der Waals surface area contributed by atoms with E-state index in [1.165, 1.54) is 5.56 Å². The number of amides is 1. The number of carbonyl (C=O) groups is 1. The molecule has 1 aliphatic heterocycles. The van der Waals surface area contributed by atoms with Crippen LogP contribution in [0.1, 0.15) is 53.0 Å². The van der Waals surface area contributed by atoms with E-state index in [0.29, 0.717) is 11.5 Å². The number of H-pyrrole nitrogens is 1. The molecule has 3 heterocycles. The lowest BCUT2D eigenvalue weighted by atomic mass is 9.93. The summed E-state index contributed by atoms with van der Waals surface area (Å²) in [5, 5.41) is 11.9. The summed E-state index contributed by atoms with van der Waals surface area (Å²) in [6, 6.07) is 12.6. The monoisotopic (exact) mass is 363 g/mol. The first-order chi connectivity index (χ1) is 13.2. The third-order valence-corrected chi connectivity index (χ3v) is 5.29. The zero-order valence-electron chi connectivity index (χ0n) is 15.6. The Bertz CT molecular complexity index is 890. The maximum Gasteiger partial charge on any atom is 0.257 e. The van der Waals surface area contributed by atoms with Crippen LogP contribution in [0.5, 0.6) is 0 Å². The summed E-state index contributed by atoms with van der Waals surface area (Å²) < 4.78 is 1.79. The summed E-state index contributed by atoms with van der Waals surface area (Å²) in [6.45, 7) is 4.33. The lowest BCUT2D eigenvalue weighted by Gasteiger charge is -2.31. The Labute approximate surface area is 159 Å². The topological polar surface area (TPSA) is 66.8 Å². The molecule has 1 fully saturated rings. The summed E-state index contributed by atoms with van der Waals surface area (Å²) in [4.78, 5) is 14.6. The molecule has 0 aliphatic carbocycles. The first kappa shape index (κ1) is 17.5. The van der Waals surface area contributed by atoms with Crippen LogP contribution in [0.2, 0.25) is 0 Å². The number of piperidine rings is 1. The summed E-state index contributed by atoms with van der Waals surface area (Å²) in [7, 11) is 0. The van der Waals surface area contributed by atoms with Crippen molar-refractivity contribution in [2.45, 2.75) is 38.6 Å². The molecule has 0 saturated carbocycles. The number of rotatable bonds is 5. The lowest BCUT2D eigenvalue weighted by Crippen LogP contribution is -2.37. The molecule has 1 aliphatic rings. The van der Waals surface area contributed by atoms with Gasteiger partial charge < -0.3 is 4.90 Å². The van der Waals surface area contributed by atoms with E-state index >= 15 is 0 Å². The smallest absolute Gasteiger partial charge is 0.257 e. The van der Waals surface area contributed by atoms with Gasteiger partial charge in [-0.25, -0.2) is 0 Å². The van der Waals surface area contributed by atoms with Crippen molar-refractivity contribution >= 4 is 5.91 Å². The van der Waals surface area contributed by atoms with Gasteiger partial charge in [0.05, 0.1) is 17.5 Å². The normalized spacial score (nSPS) is 15.2. The number of benzene rings is 1. The summed E-state index contributed by atoms with van der Waals surface area (Å²) in [5.41, 5.74) is 4.22. The van der Waals surface area contributed by atoms with Crippen LogP contribution in [0.15, 0.2) is 48.8 Å². The molecule has 1 saturated heterocycles. The number of hydrogen-bond acceptors (Lipinski definition) is 3. The number of hydrogen-bond donors (Lipinski definition) is 1. The molecular formula is C21H25N5O. The number of likely N-dealkylation sites (tertiary alicyclic amines) is 1. The molecule has 1 N–H and O–H groups in total. The van der Waals surface area contributed by atoms with Gasteiger partial charge in [0.15, 0.2) is 0 Å². The third-order valence-electron chi connectivity index (χ3n) is 5.29. The molecule has 0 atom stereocenters. The fourth-order valence-electron chi connectivity index (χ4n) is 3.70. The molecule has 1 aromatic carbocycles. The minimum absolute atomic E-state index is 0.0833. The molecule has 4 rings (SSSR count). The zero-order chi connectivity index (χ0) is 18.6. The molecule has 0 unspecified atom stereocenters. The van der Waals surface area contributed by atoms with E-state index in [2.05, 4.69) is 45.6 Å². The van der Waals surface area contributed by atoms with Gasteiger partial charge in [-0.1, -0.05) is 30.3 Å². The van der Waals surface area contributed by atoms with Gasteiger partial charge in [0, 0.05) is 43.9 Å². The molecule has 0 bridgehead atoms. The number of aromatic amines is 1. The van der Waals surface area contributed by atoms with Gasteiger partial charge in [0.1, 0.15) is 0 Å². The van der Waals surface area contributed by atoms with E-state index in [1.807, 2.05) is 24.1 Å². The summed E-state index contributed by atoms with van der Waals surface area (Å²) in [6.07, 6.45) is 6.26. The Morgan fingerprint density at radius 2 is 2.00 bits per heavy atom. The maximum atomic E-state index is 12.6. The Balaban J connectivity index is 1.34. The van der Waals surface area contributed by atoms with E-state index < -0.39 is 0 Å². The highest BCUT2D eigenvalue weighted by Gasteiger charge is 2.26. The van der Waals surface area contributed by atoms with E-state index in [-0.39, 0.29) is 5.91 Å². The highest BCUT2D eigenvalue weighted by Crippen LogP contribution is 2.28. The largest absolute Gasteiger partial charge is 0.339 e. The predicted molar refractivity (Wildman–Crippen MR) is 104 cm³/mol. The Morgan fingerprint density at radius 1 is 1.22 bits per heavy atom. The van der Waals surface area contributed by atoms with Gasteiger partial charge >= 0.3 is 0 Å². The molecule has 6 heteroatoms. The third kappa shape index (κ3) is 3.94. The highest BCUT2D eigenvalue weighted by molar-refractivity contribution is 5.93. The van der Waals surface area contributed by atoms with Crippen molar-refractivity contribution in [1.29, 1.82) is 0 Å². The van der Waals surface area contributed by atoms with Crippen molar-refractivity contribution in [3.63, 3.8) is 0 Å². The molecule has 140 valence electrons. The first-order valence-corrected chi connectivity index (χ1v) is 9.62. The zero-order valence-corrected chi connectivity index (χ0v) is 15.6. The maximum absolute atomic E-state index is 12.6. The van der Waals surface area contributed by atoms with Crippen LogP contribution in [0.3, 0.4) is 0 Å². The number of aromatic nitrogens is 4. The van der Waals surface area contributed by atoms with Crippen molar-refractivity contribution in [3.05, 3.63) is 71.3 Å². The fourth-order valence-corrected chi connectivity index (χ4v) is 3.70. The second kappa shape index (κ2) is 7.78. The summed E-state index contributed by atoms with van der Waals surface area (Å²) >= 11 is 0. The Kier molecular flexibility index (Phi) is 5.05. The molecular weight excluding hydrogens is 338 g/mol. The molecule has 0 spiro atoms. The van der Waals surface area contributed by atoms with Crippen molar-refractivity contribution < 1.29 is 4.79 Å². The van der Waals surface area contributed by atoms with Crippen LogP contribution in [-0.2, 0) is 13.0 Å². The van der Waals surface area contributed by atoms with Crippen molar-refractivity contribution in [3.8, 4) is 0 Å². The standard InChI is InChI=1S/C21H25N5O/c1-2-26-15-18(14-22-26)21(27)25-10-8-17(9-11-25)20-13-19(23-24-20)12-16-6-4-3-5-7-16/h3-7,13-15,17H,2,8-12H2,1H3,(H,23,24). The molecule has 27 heavy (non-hydrogen) atoms. The van der Waals surface area contributed by atoms with Gasteiger partial charge in [0.25, 0.3) is 5.91 Å². The van der Waals surface area contributed by atoms with Gasteiger partial charge in [-0.15, -0.1) is 0 Å². The van der Waals surface area contributed by atoms with E-state index in [1.54, 1.807) is 10.9 Å². The predicted octanol–water partition coefficient (Wildman–Crippen LogP) is 3.24. The minimum Gasteiger partial charge on any atom is -0.339 e. The van der Waals surface area contributed by atoms with Crippen LogP contribution in [0.4, 0.5) is 0 Å². The van der Waals surface area contributed by atoms with Gasteiger partial charge in [-0.2, -0.15) is 10.2 Å². The number of nitrogens with one attached hydrogen (secondary N) is 1. The van der Waals surface area contributed by atoms with Crippen molar-refractivity contribution in [2.75, 3.05) is 13.1 Å². The Morgan fingerprint density at radius 3 is 2.70 bits per heavy atom. The number of nitrogens with zero attached hydrogens (tertiary/aromatic N) is 4. The van der Waals surface area contributed by atoms with Gasteiger partial charge in [-0.05, 0) is 31.4 Å². The van der Waals surface area contributed by atoms with E-state index in [4.69, 9.17) is 0 Å². The second-order valence-electron chi connectivity index (χ2n) is 7.13. The summed E-state index contributed by atoms with van der Waals surface area (Å²) in [5.74, 6) is 0.494. The molecule has 1 amide bonds. The first-order valence-electron chi connectivity index (χ1n) is 9.62. The van der Waals surface area contributed by atoms with Crippen LogP contribution in [0.25, 0.3) is 0 Å². The van der Waals surface area contributed by atoms with E-state index in [9.17, 15) is 4.79 Å². The SMILES string of the molecule is CCn1cc(C(=O)N2CCC(c3cc(Cc4ccccc4)[nH]n3)CC2)cn1. The Hall–Kier alpha value is -2.89. The van der Waals surface area contributed by atoms with E-state index in [0.717, 1.165) is 50.3 Å². The average molecular weight is 363 g/mol. The molecule has 6 nitrogen and oxygen atoms in total. The van der Waals surface area contributed by atoms with Crippen LogP contribution >= 0.6 is 0 Å². The quantitative estimate of drug-likeness (QED) is 0.757. The lowest BCUT2D eigenvalue weighted by molar-refractivity contribution is 0.0712.